The lowest BCUT2D eigenvalue weighted by atomic mass is 9.89. The minimum Gasteiger partial charge on any atom is -0.397 e. The van der Waals surface area contributed by atoms with Crippen molar-refractivity contribution < 1.29 is 14.0 Å². The summed E-state index contributed by atoms with van der Waals surface area (Å²) in [6, 6.07) is 0. The molecule has 0 amide bonds. The minimum absolute atomic E-state index is 0.346. The van der Waals surface area contributed by atoms with E-state index in [1.54, 1.807) is 13.3 Å². The predicted molar refractivity (Wildman–Crippen MR) is 65.0 cm³/mol. The van der Waals surface area contributed by atoms with Crippen LogP contribution in [0.2, 0.25) is 0 Å². The molecular formula is C11H19BN2O3. The van der Waals surface area contributed by atoms with E-state index in [-0.39, 0.29) is 11.2 Å². The zero-order valence-electron chi connectivity index (χ0n) is 11.1. The van der Waals surface area contributed by atoms with E-state index >= 15 is 0 Å². The Balaban J connectivity index is 2.23. The second-order valence-electron chi connectivity index (χ2n) is 5.26. The molecule has 2 heterocycles. The van der Waals surface area contributed by atoms with Crippen LogP contribution < -0.4 is 5.72 Å². The normalized spacial score (nSPS) is 22.1. The highest BCUT2D eigenvalue weighted by Gasteiger charge is 2.53. The van der Waals surface area contributed by atoms with E-state index in [9.17, 15) is 0 Å². The Kier molecular flexibility index (Phi) is 3.05. The predicted octanol–water partition coefficient (Wildman–Crippen LogP) is 0.786. The average Bonchev–Trinajstić information content (AvgIpc) is 2.71. The average molecular weight is 238 g/mol. The van der Waals surface area contributed by atoms with Gasteiger partial charge in [-0.1, -0.05) is 0 Å². The first-order valence-electron chi connectivity index (χ1n) is 5.73. The van der Waals surface area contributed by atoms with E-state index in [1.807, 2.05) is 38.5 Å². The fourth-order valence-electron chi connectivity index (χ4n) is 1.73. The fraction of sp³-hybridized carbons (Fsp3) is 0.727. The lowest BCUT2D eigenvalue weighted by molar-refractivity contribution is 0.00578. The first-order chi connectivity index (χ1) is 7.87. The smallest absolute Gasteiger partial charge is 0.397 e. The molecule has 94 valence electrons. The number of methoxy groups -OCH3 is 1. The molecule has 0 saturated carbocycles. The lowest BCUT2D eigenvalue weighted by Crippen LogP contribution is -2.41. The molecule has 1 saturated heterocycles. The molecule has 1 fully saturated rings. The molecule has 2 rings (SSSR count). The van der Waals surface area contributed by atoms with Gasteiger partial charge in [0.05, 0.1) is 11.2 Å². The number of nitrogens with zero attached hydrogens (tertiary/aromatic N) is 2. The van der Waals surface area contributed by atoms with Crippen molar-refractivity contribution in [3.63, 3.8) is 0 Å². The van der Waals surface area contributed by atoms with Crippen molar-refractivity contribution in [3.05, 3.63) is 12.4 Å². The van der Waals surface area contributed by atoms with Crippen LogP contribution in [0.5, 0.6) is 0 Å². The zero-order valence-corrected chi connectivity index (χ0v) is 11.1. The Bertz CT molecular complexity index is 387. The Morgan fingerprint density at radius 1 is 1.29 bits per heavy atom. The molecule has 0 radical (unpaired) electrons. The maximum Gasteiger partial charge on any atom is 0.532 e. The van der Waals surface area contributed by atoms with Crippen LogP contribution in [0.4, 0.5) is 0 Å². The number of ether oxygens (including phenoxy) is 1. The zero-order chi connectivity index (χ0) is 12.7. The number of rotatable bonds is 3. The van der Waals surface area contributed by atoms with Crippen molar-refractivity contribution >= 4 is 12.8 Å². The summed E-state index contributed by atoms with van der Waals surface area (Å²) in [4.78, 5) is 4.28. The first kappa shape index (κ1) is 12.6. The number of aromatic nitrogens is 2. The van der Waals surface area contributed by atoms with Gasteiger partial charge in [-0.3, -0.25) is 0 Å². The number of hydrogen-bond acceptors (Lipinski definition) is 4. The Morgan fingerprint density at radius 2 is 1.88 bits per heavy atom. The van der Waals surface area contributed by atoms with Crippen LogP contribution in [-0.2, 0) is 20.8 Å². The van der Waals surface area contributed by atoms with Crippen LogP contribution >= 0.6 is 0 Å². The quantitative estimate of drug-likeness (QED) is 0.730. The van der Waals surface area contributed by atoms with Crippen LogP contribution in [-0.4, -0.2) is 35.0 Å². The van der Waals surface area contributed by atoms with Gasteiger partial charge in [0.1, 0.15) is 12.5 Å². The topological polar surface area (TPSA) is 45.5 Å². The first-order valence-corrected chi connectivity index (χ1v) is 5.73. The van der Waals surface area contributed by atoms with Crippen molar-refractivity contribution in [1.29, 1.82) is 0 Å². The third kappa shape index (κ3) is 2.12. The molecule has 17 heavy (non-hydrogen) atoms. The lowest BCUT2D eigenvalue weighted by Gasteiger charge is -2.32. The van der Waals surface area contributed by atoms with E-state index in [0.717, 1.165) is 5.72 Å². The van der Waals surface area contributed by atoms with Crippen LogP contribution in [0.1, 0.15) is 27.7 Å². The highest BCUT2D eigenvalue weighted by atomic mass is 16.7. The molecule has 1 aromatic heterocycles. The molecular weight excluding hydrogens is 219 g/mol. The summed E-state index contributed by atoms with van der Waals surface area (Å²) < 4.78 is 18.8. The van der Waals surface area contributed by atoms with Crippen molar-refractivity contribution in [2.45, 2.75) is 45.6 Å². The van der Waals surface area contributed by atoms with Crippen molar-refractivity contribution in [2.75, 3.05) is 7.11 Å². The van der Waals surface area contributed by atoms with Gasteiger partial charge in [-0.05, 0) is 27.7 Å². The van der Waals surface area contributed by atoms with Crippen LogP contribution in [0.25, 0.3) is 0 Å². The van der Waals surface area contributed by atoms with Gasteiger partial charge < -0.3 is 18.6 Å². The summed E-state index contributed by atoms with van der Waals surface area (Å²) >= 11 is 0. The standard InChI is InChI=1S/C11H19BN2O3/c1-10(2)11(3,4)17-12(16-10)9-13-6-7-14(9)8-15-5/h6-7H,8H2,1-5H3. The molecule has 0 aliphatic carbocycles. The molecule has 0 unspecified atom stereocenters. The molecule has 1 aliphatic heterocycles. The van der Waals surface area contributed by atoms with E-state index in [1.165, 1.54) is 0 Å². The van der Waals surface area contributed by atoms with Crippen LogP contribution in [0.3, 0.4) is 0 Å². The van der Waals surface area contributed by atoms with Gasteiger partial charge in [0.15, 0.2) is 0 Å². The third-order valence-electron chi connectivity index (χ3n) is 3.48. The van der Waals surface area contributed by atoms with Crippen LogP contribution in [0, 0.1) is 0 Å². The highest BCUT2D eigenvalue weighted by molar-refractivity contribution is 6.60. The van der Waals surface area contributed by atoms with E-state index < -0.39 is 7.12 Å². The second kappa shape index (κ2) is 4.12. The molecule has 0 aromatic carbocycles. The monoisotopic (exact) mass is 238 g/mol. The summed E-state index contributed by atoms with van der Waals surface area (Å²) in [6.07, 6.45) is 3.57. The maximum absolute atomic E-state index is 5.93. The molecule has 6 heteroatoms. The highest BCUT2D eigenvalue weighted by Crippen LogP contribution is 2.36. The van der Waals surface area contributed by atoms with E-state index in [2.05, 4.69) is 4.98 Å². The van der Waals surface area contributed by atoms with Gasteiger partial charge in [-0.25, -0.2) is 4.98 Å². The summed E-state index contributed by atoms with van der Waals surface area (Å²) in [5, 5.41) is 0. The number of imidazole rings is 1. The largest absolute Gasteiger partial charge is 0.532 e. The van der Waals surface area contributed by atoms with Gasteiger partial charge in [0.25, 0.3) is 0 Å². The molecule has 1 aliphatic rings. The maximum atomic E-state index is 5.93. The Morgan fingerprint density at radius 3 is 2.41 bits per heavy atom. The van der Waals surface area contributed by atoms with Gasteiger partial charge >= 0.3 is 7.12 Å². The van der Waals surface area contributed by atoms with Crippen LogP contribution in [0.15, 0.2) is 12.4 Å². The molecule has 0 spiro atoms. The molecule has 5 nitrogen and oxygen atoms in total. The summed E-state index contributed by atoms with van der Waals surface area (Å²) in [5.74, 6) is 0. The SMILES string of the molecule is COCn1ccnc1B1OC(C)(C)C(C)(C)O1. The molecule has 1 aromatic rings. The minimum atomic E-state index is -0.440. The van der Waals surface area contributed by atoms with Crippen molar-refractivity contribution in [1.82, 2.24) is 9.55 Å². The van der Waals surface area contributed by atoms with Crippen molar-refractivity contribution in [3.8, 4) is 0 Å². The van der Waals surface area contributed by atoms with Gasteiger partial charge in [-0.15, -0.1) is 0 Å². The van der Waals surface area contributed by atoms with E-state index in [0.29, 0.717) is 6.73 Å². The van der Waals surface area contributed by atoms with Gasteiger partial charge in [0, 0.05) is 19.5 Å². The van der Waals surface area contributed by atoms with Gasteiger partial charge in [-0.2, -0.15) is 0 Å². The van der Waals surface area contributed by atoms with E-state index in [4.69, 9.17) is 14.0 Å². The molecule has 0 bridgehead atoms. The Hall–Kier alpha value is -0.845. The second-order valence-corrected chi connectivity index (χ2v) is 5.26. The van der Waals surface area contributed by atoms with Gasteiger partial charge in [0.2, 0.25) is 0 Å². The Labute approximate surface area is 102 Å². The fourth-order valence-corrected chi connectivity index (χ4v) is 1.73. The molecule has 0 N–H and O–H groups in total. The summed E-state index contributed by atoms with van der Waals surface area (Å²) in [6.45, 7) is 8.54. The van der Waals surface area contributed by atoms with Crippen molar-refractivity contribution in [2.24, 2.45) is 0 Å². The number of hydrogen-bond donors (Lipinski definition) is 0. The third-order valence-corrected chi connectivity index (χ3v) is 3.48. The summed E-state index contributed by atoms with van der Waals surface area (Å²) in [7, 11) is 1.21. The molecule has 0 atom stereocenters. The summed E-state index contributed by atoms with van der Waals surface area (Å²) in [5.41, 5.74) is 0.0498.